The van der Waals surface area contributed by atoms with E-state index in [0.717, 1.165) is 17.8 Å². The van der Waals surface area contributed by atoms with E-state index in [1.807, 2.05) is 0 Å². The van der Waals surface area contributed by atoms with Gasteiger partial charge in [-0.2, -0.15) is 0 Å². The second-order valence-corrected chi connectivity index (χ2v) is 6.16. The second-order valence-electron chi connectivity index (χ2n) is 4.80. The first-order chi connectivity index (χ1) is 11.5. The highest BCUT2D eigenvalue weighted by atomic mass is 35.5. The number of aromatic hydroxyl groups is 2. The van der Waals surface area contributed by atoms with Gasteiger partial charge in [0.1, 0.15) is 11.5 Å². The van der Waals surface area contributed by atoms with Crippen molar-refractivity contribution in [3.8, 4) is 23.0 Å². The summed E-state index contributed by atoms with van der Waals surface area (Å²) in [6.07, 6.45) is 0. The van der Waals surface area contributed by atoms with Crippen LogP contribution in [0.5, 0.6) is 11.5 Å². The van der Waals surface area contributed by atoms with E-state index < -0.39 is 0 Å². The Kier molecular flexibility index (Phi) is 4.73. The molecule has 24 heavy (non-hydrogen) atoms. The zero-order valence-electron chi connectivity index (χ0n) is 12.1. The molecule has 0 amide bonds. The van der Waals surface area contributed by atoms with Crippen LogP contribution in [0.15, 0.2) is 52.1 Å². The highest BCUT2D eigenvalue weighted by Gasteiger charge is 2.15. The Labute approximate surface area is 146 Å². The van der Waals surface area contributed by atoms with Crippen molar-refractivity contribution in [3.05, 3.63) is 53.1 Å². The van der Waals surface area contributed by atoms with Gasteiger partial charge >= 0.3 is 0 Å². The van der Waals surface area contributed by atoms with Gasteiger partial charge in [0.05, 0.1) is 11.3 Å². The molecule has 0 aliphatic rings. The molecule has 0 atom stereocenters. The van der Waals surface area contributed by atoms with E-state index in [4.69, 9.17) is 16.0 Å². The number of thioether (sulfide) groups is 1. The summed E-state index contributed by atoms with van der Waals surface area (Å²) in [4.78, 5) is 12.1. The maximum Gasteiger partial charge on any atom is 0.277 e. The van der Waals surface area contributed by atoms with Gasteiger partial charge in [0.15, 0.2) is 5.78 Å². The molecule has 0 saturated heterocycles. The predicted octanol–water partition coefficient (Wildman–Crippen LogP) is 3.78. The van der Waals surface area contributed by atoms with E-state index in [-0.39, 0.29) is 33.8 Å². The first-order valence-corrected chi connectivity index (χ1v) is 8.17. The first kappa shape index (κ1) is 16.4. The Morgan fingerprint density at radius 1 is 1.17 bits per heavy atom. The molecule has 0 aliphatic heterocycles. The lowest BCUT2D eigenvalue weighted by Gasteiger charge is -2.02. The van der Waals surface area contributed by atoms with Crippen LogP contribution in [0, 0.1) is 0 Å². The number of Topliss-reactive ketones (excluding diaryl/α,β-unsaturated/α-hetero) is 1. The summed E-state index contributed by atoms with van der Waals surface area (Å²) in [6.45, 7) is 0. The molecular formula is C16H11ClN2O4S. The number of halogens is 1. The SMILES string of the molecule is O=C(CSc1nnc(-c2cccc(Cl)c2)o1)c1ccc(O)cc1O. The molecule has 1 aromatic heterocycles. The van der Waals surface area contributed by atoms with Crippen molar-refractivity contribution in [2.75, 3.05) is 5.75 Å². The number of benzene rings is 2. The summed E-state index contributed by atoms with van der Waals surface area (Å²) >= 11 is 6.98. The maximum absolute atomic E-state index is 12.1. The third-order valence-electron chi connectivity index (χ3n) is 3.09. The van der Waals surface area contributed by atoms with Crippen molar-refractivity contribution in [2.24, 2.45) is 0 Å². The topological polar surface area (TPSA) is 96.5 Å². The minimum Gasteiger partial charge on any atom is -0.508 e. The normalized spacial score (nSPS) is 10.7. The Hall–Kier alpha value is -2.51. The van der Waals surface area contributed by atoms with Gasteiger partial charge in [0.2, 0.25) is 5.89 Å². The fraction of sp³-hybridized carbons (Fsp3) is 0.0625. The molecule has 122 valence electrons. The molecule has 0 spiro atoms. The summed E-state index contributed by atoms with van der Waals surface area (Å²) in [5.41, 5.74) is 0.805. The molecule has 6 nitrogen and oxygen atoms in total. The van der Waals surface area contributed by atoms with Gasteiger partial charge in [-0.1, -0.05) is 29.4 Å². The first-order valence-electron chi connectivity index (χ1n) is 6.80. The second kappa shape index (κ2) is 6.94. The van der Waals surface area contributed by atoms with E-state index in [0.29, 0.717) is 16.5 Å². The number of rotatable bonds is 5. The molecule has 0 bridgehead atoms. The summed E-state index contributed by atoms with van der Waals surface area (Å²) in [5, 5.41) is 27.5. The largest absolute Gasteiger partial charge is 0.508 e. The third kappa shape index (κ3) is 3.69. The number of aromatic nitrogens is 2. The number of phenols is 2. The van der Waals surface area contributed by atoms with Crippen LogP contribution >= 0.6 is 23.4 Å². The maximum atomic E-state index is 12.1. The molecular weight excluding hydrogens is 352 g/mol. The molecule has 3 aromatic rings. The molecule has 8 heteroatoms. The molecule has 2 aromatic carbocycles. The number of carbonyl (C=O) groups excluding carboxylic acids is 1. The lowest BCUT2D eigenvalue weighted by molar-refractivity contribution is 0.101. The van der Waals surface area contributed by atoms with Crippen molar-refractivity contribution in [3.63, 3.8) is 0 Å². The molecule has 0 fully saturated rings. The van der Waals surface area contributed by atoms with Crippen LogP contribution in [0.4, 0.5) is 0 Å². The van der Waals surface area contributed by atoms with Gasteiger partial charge in [-0.15, -0.1) is 10.2 Å². The summed E-state index contributed by atoms with van der Waals surface area (Å²) in [6, 6.07) is 10.8. The van der Waals surface area contributed by atoms with Gasteiger partial charge in [0, 0.05) is 16.7 Å². The predicted molar refractivity (Wildman–Crippen MR) is 89.6 cm³/mol. The zero-order valence-corrected chi connectivity index (χ0v) is 13.7. The van der Waals surface area contributed by atoms with Gasteiger partial charge < -0.3 is 14.6 Å². The summed E-state index contributed by atoms with van der Waals surface area (Å²) in [5.74, 6) is -0.388. The quantitative estimate of drug-likeness (QED) is 0.526. The third-order valence-corrected chi connectivity index (χ3v) is 4.14. The van der Waals surface area contributed by atoms with E-state index in [1.54, 1.807) is 24.3 Å². The highest BCUT2D eigenvalue weighted by Crippen LogP contribution is 2.27. The number of carbonyl (C=O) groups is 1. The van der Waals surface area contributed by atoms with Gasteiger partial charge in [-0.25, -0.2) is 0 Å². The van der Waals surface area contributed by atoms with Crippen molar-refractivity contribution in [1.82, 2.24) is 10.2 Å². The Bertz CT molecular complexity index is 897. The fourth-order valence-corrected chi connectivity index (χ4v) is 2.80. The van der Waals surface area contributed by atoms with Crippen molar-refractivity contribution >= 4 is 29.1 Å². The number of phenolic OH excluding ortho intramolecular Hbond substituents is 2. The lowest BCUT2D eigenvalue weighted by atomic mass is 10.1. The van der Waals surface area contributed by atoms with Crippen molar-refractivity contribution in [1.29, 1.82) is 0 Å². The minimum absolute atomic E-state index is 0.00944. The van der Waals surface area contributed by atoms with Gasteiger partial charge in [-0.05, 0) is 30.3 Å². The zero-order chi connectivity index (χ0) is 17.1. The summed E-state index contributed by atoms with van der Waals surface area (Å²) < 4.78 is 5.49. The van der Waals surface area contributed by atoms with Crippen LogP contribution in [0.2, 0.25) is 5.02 Å². The van der Waals surface area contributed by atoms with Gasteiger partial charge in [0.25, 0.3) is 5.22 Å². The molecule has 0 aliphatic carbocycles. The number of hydrogen-bond acceptors (Lipinski definition) is 7. The fourth-order valence-electron chi connectivity index (χ4n) is 1.97. The molecule has 3 rings (SSSR count). The van der Waals surface area contributed by atoms with Crippen molar-refractivity contribution in [2.45, 2.75) is 5.22 Å². The average Bonchev–Trinajstić information content (AvgIpc) is 3.01. The lowest BCUT2D eigenvalue weighted by Crippen LogP contribution is -2.02. The van der Waals surface area contributed by atoms with Crippen molar-refractivity contribution < 1.29 is 19.4 Å². The standard InChI is InChI=1S/C16H11ClN2O4S/c17-10-3-1-2-9(6-10)15-18-19-16(23-15)24-8-14(22)12-5-4-11(20)7-13(12)21/h1-7,20-21H,8H2. The molecule has 0 saturated carbocycles. The van der Waals surface area contributed by atoms with Gasteiger partial charge in [-0.3, -0.25) is 4.79 Å². The van der Waals surface area contributed by atoms with Crippen LogP contribution < -0.4 is 0 Å². The number of hydrogen-bond donors (Lipinski definition) is 2. The Morgan fingerprint density at radius 2 is 2.00 bits per heavy atom. The number of nitrogens with zero attached hydrogens (tertiary/aromatic N) is 2. The smallest absolute Gasteiger partial charge is 0.277 e. The molecule has 2 N–H and O–H groups in total. The van der Waals surface area contributed by atoms with E-state index in [9.17, 15) is 15.0 Å². The summed E-state index contributed by atoms with van der Waals surface area (Å²) in [7, 11) is 0. The van der Waals surface area contributed by atoms with Crippen LogP contribution in [-0.4, -0.2) is 31.9 Å². The Morgan fingerprint density at radius 3 is 2.75 bits per heavy atom. The minimum atomic E-state index is -0.319. The van der Waals surface area contributed by atoms with Crippen LogP contribution in [0.3, 0.4) is 0 Å². The van der Waals surface area contributed by atoms with Crippen LogP contribution in [-0.2, 0) is 0 Å². The highest BCUT2D eigenvalue weighted by molar-refractivity contribution is 7.99. The van der Waals surface area contributed by atoms with E-state index in [1.165, 1.54) is 12.1 Å². The molecule has 0 unspecified atom stereocenters. The molecule has 1 heterocycles. The number of ketones is 1. The average molecular weight is 363 g/mol. The Balaban J connectivity index is 1.68. The van der Waals surface area contributed by atoms with Crippen LogP contribution in [0.1, 0.15) is 10.4 Å². The van der Waals surface area contributed by atoms with Crippen LogP contribution in [0.25, 0.3) is 11.5 Å². The monoisotopic (exact) mass is 362 g/mol. The van der Waals surface area contributed by atoms with E-state index in [2.05, 4.69) is 10.2 Å². The van der Waals surface area contributed by atoms with E-state index >= 15 is 0 Å². The molecule has 0 radical (unpaired) electrons.